The van der Waals surface area contributed by atoms with Crippen LogP contribution in [0.3, 0.4) is 0 Å². The van der Waals surface area contributed by atoms with E-state index in [0.29, 0.717) is 12.5 Å². The molecule has 6 nitrogen and oxygen atoms in total. The van der Waals surface area contributed by atoms with Crippen LogP contribution in [0.5, 0.6) is 11.5 Å². The first-order chi connectivity index (χ1) is 11.2. The van der Waals surface area contributed by atoms with Crippen LogP contribution in [-0.4, -0.2) is 46.5 Å². The fraction of sp³-hybridized carbons (Fsp3) is 0.588. The molecule has 0 aliphatic heterocycles. The first-order valence-corrected chi connectivity index (χ1v) is 8.03. The van der Waals surface area contributed by atoms with Gasteiger partial charge in [0, 0.05) is 26.3 Å². The van der Waals surface area contributed by atoms with E-state index >= 15 is 0 Å². The molecule has 0 fully saturated rings. The summed E-state index contributed by atoms with van der Waals surface area (Å²) in [6.45, 7) is 4.92. The molecule has 0 heterocycles. The van der Waals surface area contributed by atoms with Gasteiger partial charge in [-0.15, -0.1) is 0 Å². The van der Waals surface area contributed by atoms with Gasteiger partial charge in [0.25, 0.3) is 0 Å². The van der Waals surface area contributed by atoms with Crippen LogP contribution in [0, 0.1) is 0 Å². The van der Waals surface area contributed by atoms with Gasteiger partial charge in [0.15, 0.2) is 5.96 Å². The summed E-state index contributed by atoms with van der Waals surface area (Å²) in [5.74, 6) is 2.19. The van der Waals surface area contributed by atoms with Gasteiger partial charge >= 0.3 is 0 Å². The van der Waals surface area contributed by atoms with Crippen LogP contribution in [-0.2, 0) is 11.2 Å². The van der Waals surface area contributed by atoms with Crippen molar-refractivity contribution in [1.29, 1.82) is 0 Å². The SMILES string of the molecule is CCOCCCNC(N)=NCCCc1cc(OC)ccc1OC. The van der Waals surface area contributed by atoms with Crippen LogP contribution in [0.4, 0.5) is 0 Å². The Labute approximate surface area is 139 Å². The zero-order chi connectivity index (χ0) is 16.9. The van der Waals surface area contributed by atoms with Crippen molar-refractivity contribution in [2.24, 2.45) is 10.7 Å². The summed E-state index contributed by atoms with van der Waals surface area (Å²) in [5.41, 5.74) is 6.94. The van der Waals surface area contributed by atoms with E-state index in [1.54, 1.807) is 14.2 Å². The van der Waals surface area contributed by atoms with E-state index in [0.717, 1.165) is 56.1 Å². The van der Waals surface area contributed by atoms with Gasteiger partial charge in [-0.05, 0) is 49.9 Å². The Morgan fingerprint density at radius 3 is 2.74 bits per heavy atom. The Kier molecular flexibility index (Phi) is 9.63. The number of nitrogens with one attached hydrogen (secondary N) is 1. The molecule has 23 heavy (non-hydrogen) atoms. The fourth-order valence-electron chi connectivity index (χ4n) is 2.14. The summed E-state index contributed by atoms with van der Waals surface area (Å²) >= 11 is 0. The van der Waals surface area contributed by atoms with Crippen LogP contribution in [0.15, 0.2) is 23.2 Å². The summed E-state index contributed by atoms with van der Waals surface area (Å²) in [4.78, 5) is 4.33. The Morgan fingerprint density at radius 2 is 2.04 bits per heavy atom. The minimum absolute atomic E-state index is 0.485. The monoisotopic (exact) mass is 323 g/mol. The quantitative estimate of drug-likeness (QED) is 0.370. The van der Waals surface area contributed by atoms with Gasteiger partial charge in [0.05, 0.1) is 14.2 Å². The smallest absolute Gasteiger partial charge is 0.188 e. The Balaban J connectivity index is 2.31. The molecule has 1 aromatic rings. The van der Waals surface area contributed by atoms with Crippen molar-refractivity contribution >= 4 is 5.96 Å². The standard InChI is InChI=1S/C17H29N3O3/c1-4-23-12-6-11-20-17(18)19-10-5-7-14-13-15(21-2)8-9-16(14)22-3/h8-9,13H,4-7,10-12H2,1-3H3,(H3,18,19,20). The number of nitrogens with zero attached hydrogens (tertiary/aromatic N) is 1. The highest BCUT2D eigenvalue weighted by Crippen LogP contribution is 2.24. The van der Waals surface area contributed by atoms with Crippen LogP contribution < -0.4 is 20.5 Å². The average Bonchev–Trinajstić information content (AvgIpc) is 2.58. The maximum Gasteiger partial charge on any atom is 0.188 e. The highest BCUT2D eigenvalue weighted by Gasteiger charge is 2.04. The number of hydrogen-bond donors (Lipinski definition) is 2. The number of benzene rings is 1. The Bertz CT molecular complexity index is 478. The van der Waals surface area contributed by atoms with E-state index in [2.05, 4.69) is 10.3 Å². The van der Waals surface area contributed by atoms with Gasteiger partial charge in [-0.25, -0.2) is 0 Å². The van der Waals surface area contributed by atoms with Crippen LogP contribution in [0.2, 0.25) is 0 Å². The maximum atomic E-state index is 5.82. The molecule has 0 radical (unpaired) electrons. The van der Waals surface area contributed by atoms with Crippen molar-refractivity contribution < 1.29 is 14.2 Å². The highest BCUT2D eigenvalue weighted by atomic mass is 16.5. The third-order valence-corrected chi connectivity index (χ3v) is 3.35. The average molecular weight is 323 g/mol. The van der Waals surface area contributed by atoms with Crippen LogP contribution in [0.1, 0.15) is 25.3 Å². The van der Waals surface area contributed by atoms with Gasteiger partial charge in [-0.1, -0.05) is 0 Å². The maximum absolute atomic E-state index is 5.82. The van der Waals surface area contributed by atoms with E-state index in [1.165, 1.54) is 0 Å². The minimum Gasteiger partial charge on any atom is -0.497 e. The van der Waals surface area contributed by atoms with E-state index in [4.69, 9.17) is 19.9 Å². The fourth-order valence-corrected chi connectivity index (χ4v) is 2.14. The molecule has 0 bridgehead atoms. The second-order valence-electron chi connectivity index (χ2n) is 5.03. The number of aryl methyl sites for hydroxylation is 1. The lowest BCUT2D eigenvalue weighted by Crippen LogP contribution is -2.33. The molecule has 0 saturated carbocycles. The first-order valence-electron chi connectivity index (χ1n) is 8.03. The molecular formula is C17H29N3O3. The third-order valence-electron chi connectivity index (χ3n) is 3.35. The number of aliphatic imine (C=N–C) groups is 1. The largest absolute Gasteiger partial charge is 0.497 e. The van der Waals surface area contributed by atoms with Gasteiger partial charge in [0.2, 0.25) is 0 Å². The zero-order valence-corrected chi connectivity index (χ0v) is 14.4. The molecule has 3 N–H and O–H groups in total. The second kappa shape index (κ2) is 11.6. The van der Waals surface area contributed by atoms with Gasteiger partial charge < -0.3 is 25.3 Å². The predicted molar refractivity (Wildman–Crippen MR) is 93.5 cm³/mol. The summed E-state index contributed by atoms with van der Waals surface area (Å²) < 4.78 is 15.9. The molecule has 0 aliphatic rings. The third kappa shape index (κ3) is 7.74. The molecular weight excluding hydrogens is 294 g/mol. The molecule has 0 amide bonds. The lowest BCUT2D eigenvalue weighted by Gasteiger charge is -2.10. The van der Waals surface area contributed by atoms with Crippen molar-refractivity contribution in [3.8, 4) is 11.5 Å². The number of ether oxygens (including phenoxy) is 3. The predicted octanol–water partition coefficient (Wildman–Crippen LogP) is 1.97. The molecule has 0 saturated heterocycles. The normalized spacial score (nSPS) is 11.3. The number of rotatable bonds is 11. The molecule has 130 valence electrons. The molecule has 0 aromatic heterocycles. The zero-order valence-electron chi connectivity index (χ0n) is 14.4. The van der Waals surface area contributed by atoms with E-state index in [9.17, 15) is 0 Å². The number of methoxy groups -OCH3 is 2. The van der Waals surface area contributed by atoms with Crippen molar-refractivity contribution in [3.05, 3.63) is 23.8 Å². The number of guanidine groups is 1. The van der Waals surface area contributed by atoms with E-state index < -0.39 is 0 Å². The van der Waals surface area contributed by atoms with E-state index in [-0.39, 0.29) is 0 Å². The van der Waals surface area contributed by atoms with Gasteiger partial charge in [-0.2, -0.15) is 0 Å². The number of hydrogen-bond acceptors (Lipinski definition) is 4. The molecule has 0 aliphatic carbocycles. The molecule has 1 rings (SSSR count). The van der Waals surface area contributed by atoms with E-state index in [1.807, 2.05) is 25.1 Å². The number of nitrogens with two attached hydrogens (primary N) is 1. The van der Waals surface area contributed by atoms with Crippen molar-refractivity contribution in [2.45, 2.75) is 26.2 Å². The van der Waals surface area contributed by atoms with Gasteiger partial charge in [0.1, 0.15) is 11.5 Å². The highest BCUT2D eigenvalue weighted by molar-refractivity contribution is 5.77. The van der Waals surface area contributed by atoms with Crippen molar-refractivity contribution in [3.63, 3.8) is 0 Å². The summed E-state index contributed by atoms with van der Waals surface area (Å²) in [7, 11) is 3.33. The Hall–Kier alpha value is -1.95. The van der Waals surface area contributed by atoms with Crippen LogP contribution >= 0.6 is 0 Å². The summed E-state index contributed by atoms with van der Waals surface area (Å²) in [6.07, 6.45) is 2.68. The molecule has 1 aromatic carbocycles. The lowest BCUT2D eigenvalue weighted by molar-refractivity contribution is 0.145. The van der Waals surface area contributed by atoms with Gasteiger partial charge in [-0.3, -0.25) is 4.99 Å². The van der Waals surface area contributed by atoms with Crippen molar-refractivity contribution in [2.75, 3.05) is 40.5 Å². The second-order valence-corrected chi connectivity index (χ2v) is 5.03. The topological polar surface area (TPSA) is 78.1 Å². The van der Waals surface area contributed by atoms with Crippen molar-refractivity contribution in [1.82, 2.24) is 5.32 Å². The molecule has 0 unspecified atom stereocenters. The molecule has 6 heteroatoms. The first kappa shape index (κ1) is 19.1. The molecule has 0 spiro atoms. The Morgan fingerprint density at radius 1 is 1.22 bits per heavy atom. The lowest BCUT2D eigenvalue weighted by atomic mass is 10.1. The summed E-state index contributed by atoms with van der Waals surface area (Å²) in [5, 5.41) is 3.08. The summed E-state index contributed by atoms with van der Waals surface area (Å²) in [6, 6.07) is 5.81. The molecule has 0 atom stereocenters. The minimum atomic E-state index is 0.485. The van der Waals surface area contributed by atoms with Crippen LogP contribution in [0.25, 0.3) is 0 Å².